The molecule has 0 unspecified atom stereocenters. The molecule has 2 aromatic heterocycles. The van der Waals surface area contributed by atoms with Crippen LogP contribution in [0.2, 0.25) is 0 Å². The Bertz CT molecular complexity index is 598. The number of rotatable bonds is 3. The molecular formula is C9H5BrN4O3S. The van der Waals surface area contributed by atoms with E-state index in [-0.39, 0.29) is 10.1 Å². The highest BCUT2D eigenvalue weighted by Crippen LogP contribution is 2.25. The quantitative estimate of drug-likeness (QED) is 0.530. The topological polar surface area (TPSA) is 98.0 Å². The standard InChI is InChI=1S/C9H5BrN4O3S/c10-6-2-1-5(3-11-6)8(15)13-9-12-4-7(18-9)14(16)17/h1-4H,(H,12,13,15). The second-order valence-corrected chi connectivity index (χ2v) is 4.91. The normalized spacial score (nSPS) is 10.1. The van der Waals surface area contributed by atoms with Crippen molar-refractivity contribution in [3.05, 3.63) is 44.8 Å². The van der Waals surface area contributed by atoms with Gasteiger partial charge in [0.2, 0.25) is 0 Å². The summed E-state index contributed by atoms with van der Waals surface area (Å²) < 4.78 is 0.615. The maximum Gasteiger partial charge on any atom is 0.345 e. The van der Waals surface area contributed by atoms with Gasteiger partial charge < -0.3 is 0 Å². The van der Waals surface area contributed by atoms with E-state index in [0.29, 0.717) is 10.2 Å². The predicted molar refractivity (Wildman–Crippen MR) is 68.7 cm³/mol. The molecule has 2 rings (SSSR count). The highest BCUT2D eigenvalue weighted by Gasteiger charge is 2.14. The number of amides is 1. The summed E-state index contributed by atoms with van der Waals surface area (Å²) in [7, 11) is 0. The Kier molecular flexibility index (Phi) is 3.63. The van der Waals surface area contributed by atoms with Crippen molar-refractivity contribution in [3.8, 4) is 0 Å². The van der Waals surface area contributed by atoms with Crippen LogP contribution in [0, 0.1) is 10.1 Å². The average molecular weight is 329 g/mol. The third-order valence-electron chi connectivity index (χ3n) is 1.88. The van der Waals surface area contributed by atoms with E-state index in [9.17, 15) is 14.9 Å². The van der Waals surface area contributed by atoms with Gasteiger partial charge >= 0.3 is 5.00 Å². The molecule has 0 spiro atoms. The molecule has 0 aliphatic rings. The van der Waals surface area contributed by atoms with Gasteiger partial charge in [-0.3, -0.25) is 20.2 Å². The van der Waals surface area contributed by atoms with Crippen LogP contribution in [0.3, 0.4) is 0 Å². The van der Waals surface area contributed by atoms with Gasteiger partial charge in [-0.2, -0.15) is 0 Å². The highest BCUT2D eigenvalue weighted by molar-refractivity contribution is 9.10. The number of hydrogen-bond acceptors (Lipinski definition) is 6. The number of thiazole rings is 1. The lowest BCUT2D eigenvalue weighted by molar-refractivity contribution is -0.380. The molecule has 0 aliphatic heterocycles. The molecule has 0 aliphatic carbocycles. The number of nitrogens with one attached hydrogen (secondary N) is 1. The molecule has 7 nitrogen and oxygen atoms in total. The van der Waals surface area contributed by atoms with Crippen LogP contribution in [0.25, 0.3) is 0 Å². The van der Waals surface area contributed by atoms with Gasteiger partial charge in [0, 0.05) is 6.20 Å². The van der Waals surface area contributed by atoms with Gasteiger partial charge in [-0.15, -0.1) is 0 Å². The molecule has 0 radical (unpaired) electrons. The number of pyridine rings is 1. The average Bonchev–Trinajstić information content (AvgIpc) is 2.78. The second kappa shape index (κ2) is 5.19. The molecule has 2 aromatic rings. The minimum Gasteiger partial charge on any atom is -0.298 e. The lowest BCUT2D eigenvalue weighted by atomic mass is 10.3. The Morgan fingerprint density at radius 3 is 2.72 bits per heavy atom. The van der Waals surface area contributed by atoms with E-state index < -0.39 is 10.8 Å². The number of aromatic nitrogens is 2. The Morgan fingerprint density at radius 2 is 2.17 bits per heavy atom. The van der Waals surface area contributed by atoms with Crippen molar-refractivity contribution in [3.63, 3.8) is 0 Å². The molecule has 92 valence electrons. The third kappa shape index (κ3) is 2.87. The van der Waals surface area contributed by atoms with Gasteiger partial charge in [0.15, 0.2) is 5.13 Å². The minimum atomic E-state index is -0.561. The molecule has 1 N–H and O–H groups in total. The summed E-state index contributed by atoms with van der Waals surface area (Å²) in [6.07, 6.45) is 2.49. The molecule has 0 fully saturated rings. The zero-order valence-corrected chi connectivity index (χ0v) is 11.1. The Morgan fingerprint density at radius 1 is 1.39 bits per heavy atom. The molecule has 9 heteroatoms. The summed E-state index contributed by atoms with van der Waals surface area (Å²) in [5.74, 6) is -0.417. The summed E-state index contributed by atoms with van der Waals surface area (Å²) in [6.45, 7) is 0. The van der Waals surface area contributed by atoms with Crippen molar-refractivity contribution in [1.82, 2.24) is 9.97 Å². The first-order valence-electron chi connectivity index (χ1n) is 4.59. The third-order valence-corrected chi connectivity index (χ3v) is 3.22. The van der Waals surface area contributed by atoms with Gasteiger partial charge in [-0.25, -0.2) is 9.97 Å². The van der Waals surface area contributed by atoms with Gasteiger partial charge in [0.1, 0.15) is 10.8 Å². The Labute approximate surface area is 113 Å². The van der Waals surface area contributed by atoms with E-state index >= 15 is 0 Å². The maximum absolute atomic E-state index is 11.7. The largest absolute Gasteiger partial charge is 0.345 e. The molecule has 0 aromatic carbocycles. The fourth-order valence-electron chi connectivity index (χ4n) is 1.09. The SMILES string of the molecule is O=C(Nc1ncc([N+](=O)[O-])s1)c1ccc(Br)nc1. The van der Waals surface area contributed by atoms with E-state index in [1.807, 2.05) is 0 Å². The Balaban J connectivity index is 2.11. The number of nitro groups is 1. The van der Waals surface area contributed by atoms with Crippen LogP contribution in [0.5, 0.6) is 0 Å². The fourth-order valence-corrected chi connectivity index (χ4v) is 1.95. The fraction of sp³-hybridized carbons (Fsp3) is 0. The molecule has 0 bridgehead atoms. The molecular weight excluding hydrogens is 324 g/mol. The van der Waals surface area contributed by atoms with Crippen molar-refractivity contribution in [2.45, 2.75) is 0 Å². The molecule has 2 heterocycles. The molecule has 0 saturated heterocycles. The summed E-state index contributed by atoms with van der Waals surface area (Å²) in [6, 6.07) is 3.20. The lowest BCUT2D eigenvalue weighted by Gasteiger charge is -2.00. The molecule has 18 heavy (non-hydrogen) atoms. The van der Waals surface area contributed by atoms with Crippen molar-refractivity contribution in [2.75, 3.05) is 5.32 Å². The zero-order valence-electron chi connectivity index (χ0n) is 8.66. The van der Waals surface area contributed by atoms with Crippen LogP contribution in [0.4, 0.5) is 10.1 Å². The van der Waals surface area contributed by atoms with Crippen LogP contribution < -0.4 is 5.32 Å². The molecule has 0 atom stereocenters. The van der Waals surface area contributed by atoms with Crippen LogP contribution >= 0.6 is 27.3 Å². The minimum absolute atomic E-state index is 0.126. The van der Waals surface area contributed by atoms with Crippen molar-refractivity contribution in [1.29, 1.82) is 0 Å². The number of carbonyl (C=O) groups is 1. The van der Waals surface area contributed by atoms with Crippen LogP contribution in [-0.2, 0) is 0 Å². The predicted octanol–water partition coefficient (Wildman–Crippen LogP) is 2.46. The van der Waals surface area contributed by atoms with E-state index in [2.05, 4.69) is 31.2 Å². The first-order valence-corrected chi connectivity index (χ1v) is 6.20. The molecule has 1 amide bonds. The van der Waals surface area contributed by atoms with Crippen LogP contribution in [-0.4, -0.2) is 20.8 Å². The number of halogens is 1. The van der Waals surface area contributed by atoms with Gasteiger partial charge in [-0.1, -0.05) is 0 Å². The lowest BCUT2D eigenvalue weighted by Crippen LogP contribution is -2.11. The monoisotopic (exact) mass is 328 g/mol. The Hall–Kier alpha value is -1.87. The first-order chi connectivity index (χ1) is 8.56. The van der Waals surface area contributed by atoms with E-state index in [1.54, 1.807) is 12.1 Å². The van der Waals surface area contributed by atoms with Gasteiger partial charge in [-0.05, 0) is 39.4 Å². The van der Waals surface area contributed by atoms with E-state index in [0.717, 1.165) is 17.5 Å². The summed E-state index contributed by atoms with van der Waals surface area (Å²) in [5.41, 5.74) is 0.344. The number of nitrogens with zero attached hydrogens (tertiary/aromatic N) is 3. The van der Waals surface area contributed by atoms with Crippen molar-refractivity contribution in [2.24, 2.45) is 0 Å². The smallest absolute Gasteiger partial charge is 0.298 e. The second-order valence-electron chi connectivity index (χ2n) is 3.08. The molecule has 0 saturated carbocycles. The van der Waals surface area contributed by atoms with Crippen molar-refractivity contribution >= 4 is 43.3 Å². The van der Waals surface area contributed by atoms with Crippen LogP contribution in [0.1, 0.15) is 10.4 Å². The van der Waals surface area contributed by atoms with Gasteiger partial charge in [0.25, 0.3) is 5.91 Å². The summed E-state index contributed by atoms with van der Waals surface area (Å²) in [4.78, 5) is 29.3. The number of anilines is 1. The maximum atomic E-state index is 11.7. The summed E-state index contributed by atoms with van der Waals surface area (Å²) in [5, 5.41) is 13.0. The van der Waals surface area contributed by atoms with Crippen LogP contribution in [0.15, 0.2) is 29.1 Å². The number of carbonyl (C=O) groups excluding carboxylic acids is 1. The van der Waals surface area contributed by atoms with Crippen molar-refractivity contribution < 1.29 is 9.72 Å². The number of hydrogen-bond donors (Lipinski definition) is 1. The van der Waals surface area contributed by atoms with E-state index in [1.165, 1.54) is 6.20 Å². The first kappa shape index (κ1) is 12.6. The zero-order chi connectivity index (χ0) is 13.1. The summed E-state index contributed by atoms with van der Waals surface area (Å²) >= 11 is 3.95. The highest BCUT2D eigenvalue weighted by atomic mass is 79.9. The van der Waals surface area contributed by atoms with E-state index in [4.69, 9.17) is 0 Å². The van der Waals surface area contributed by atoms with Gasteiger partial charge in [0.05, 0.1) is 10.5 Å².